The summed E-state index contributed by atoms with van der Waals surface area (Å²) >= 11 is 0. The van der Waals surface area contributed by atoms with E-state index in [0.29, 0.717) is 6.61 Å². The highest BCUT2D eigenvalue weighted by atomic mass is 16.5. The molecule has 1 amide bonds. The fourth-order valence-corrected chi connectivity index (χ4v) is 2.65. The van der Waals surface area contributed by atoms with Gasteiger partial charge < -0.3 is 15.2 Å². The van der Waals surface area contributed by atoms with Gasteiger partial charge in [0.25, 0.3) is 0 Å². The molecule has 1 unspecified atom stereocenters. The summed E-state index contributed by atoms with van der Waals surface area (Å²) in [5.41, 5.74) is 0.566. The number of aliphatic hydroxyl groups excluding tert-OH is 1. The van der Waals surface area contributed by atoms with Gasteiger partial charge in [-0.25, -0.2) is 0 Å². The van der Waals surface area contributed by atoms with Gasteiger partial charge in [0.2, 0.25) is 5.91 Å². The molecular weight excluding hydrogens is 230 g/mol. The molecule has 0 aromatic heterocycles. The number of amides is 1. The van der Waals surface area contributed by atoms with Crippen molar-refractivity contribution >= 4 is 5.91 Å². The van der Waals surface area contributed by atoms with E-state index in [4.69, 9.17) is 4.74 Å². The summed E-state index contributed by atoms with van der Waals surface area (Å²) in [6, 6.07) is 7.63. The number of benzene rings is 1. The van der Waals surface area contributed by atoms with Crippen molar-refractivity contribution < 1.29 is 14.6 Å². The van der Waals surface area contributed by atoms with Crippen LogP contribution in [0.4, 0.5) is 0 Å². The summed E-state index contributed by atoms with van der Waals surface area (Å²) < 4.78 is 5.51. The van der Waals surface area contributed by atoms with Gasteiger partial charge in [-0.3, -0.25) is 4.79 Å². The van der Waals surface area contributed by atoms with Crippen molar-refractivity contribution in [1.29, 1.82) is 0 Å². The molecule has 2 aliphatic rings. The summed E-state index contributed by atoms with van der Waals surface area (Å²) in [5, 5.41) is 12.4. The Morgan fingerprint density at radius 2 is 2.22 bits per heavy atom. The van der Waals surface area contributed by atoms with Crippen LogP contribution >= 0.6 is 0 Å². The van der Waals surface area contributed by atoms with Gasteiger partial charge >= 0.3 is 0 Å². The zero-order chi connectivity index (χ0) is 12.6. The van der Waals surface area contributed by atoms with Crippen molar-refractivity contribution in [2.75, 3.05) is 13.2 Å². The van der Waals surface area contributed by atoms with Crippen molar-refractivity contribution in [3.05, 3.63) is 29.8 Å². The van der Waals surface area contributed by atoms with Crippen LogP contribution in [0.15, 0.2) is 24.3 Å². The normalized spacial score (nSPS) is 23.7. The zero-order valence-electron chi connectivity index (χ0n) is 10.2. The van der Waals surface area contributed by atoms with Gasteiger partial charge in [-0.1, -0.05) is 18.2 Å². The average Bonchev–Trinajstić information content (AvgIpc) is 2.77. The van der Waals surface area contributed by atoms with E-state index in [-0.39, 0.29) is 24.0 Å². The van der Waals surface area contributed by atoms with Crippen molar-refractivity contribution in [1.82, 2.24) is 5.32 Å². The molecule has 1 aromatic carbocycles. The predicted octanol–water partition coefficient (Wildman–Crippen LogP) is 1.19. The molecule has 1 aliphatic heterocycles. The standard InChI is InChI=1S/C14H17NO3/c16-9-14(6-3-7-14)15-13(17)11-8-18-12-5-2-1-4-10(11)12/h1-2,4-5,11,16H,3,6-9H2,(H,15,17). The largest absolute Gasteiger partial charge is 0.492 e. The van der Waals surface area contributed by atoms with Crippen molar-refractivity contribution in [2.24, 2.45) is 0 Å². The Morgan fingerprint density at radius 3 is 2.89 bits per heavy atom. The molecule has 4 heteroatoms. The summed E-state index contributed by atoms with van der Waals surface area (Å²) in [4.78, 5) is 12.3. The smallest absolute Gasteiger partial charge is 0.231 e. The van der Waals surface area contributed by atoms with Crippen molar-refractivity contribution in [3.8, 4) is 5.75 Å². The van der Waals surface area contributed by atoms with Crippen LogP contribution in [-0.2, 0) is 4.79 Å². The Kier molecular flexibility index (Phi) is 2.74. The van der Waals surface area contributed by atoms with E-state index >= 15 is 0 Å². The topological polar surface area (TPSA) is 58.6 Å². The number of carbonyl (C=O) groups excluding carboxylic acids is 1. The van der Waals surface area contributed by atoms with E-state index in [1.807, 2.05) is 24.3 Å². The molecule has 1 aromatic rings. The molecule has 96 valence electrons. The van der Waals surface area contributed by atoms with Gasteiger partial charge in [-0.15, -0.1) is 0 Å². The summed E-state index contributed by atoms with van der Waals surface area (Å²) in [7, 11) is 0. The van der Waals surface area contributed by atoms with Gasteiger partial charge in [0.15, 0.2) is 0 Å². The highest BCUT2D eigenvalue weighted by Crippen LogP contribution is 2.36. The summed E-state index contributed by atoms with van der Waals surface area (Å²) in [5.74, 6) is 0.517. The van der Waals surface area contributed by atoms with E-state index in [0.717, 1.165) is 30.6 Å². The molecule has 1 saturated carbocycles. The number of rotatable bonds is 3. The van der Waals surface area contributed by atoms with Crippen LogP contribution < -0.4 is 10.1 Å². The number of ether oxygens (including phenoxy) is 1. The van der Waals surface area contributed by atoms with E-state index in [9.17, 15) is 9.90 Å². The second-order valence-electron chi connectivity index (χ2n) is 5.18. The second-order valence-corrected chi connectivity index (χ2v) is 5.18. The first-order valence-electron chi connectivity index (χ1n) is 6.39. The number of para-hydroxylation sites is 1. The lowest BCUT2D eigenvalue weighted by molar-refractivity contribution is -0.126. The van der Waals surface area contributed by atoms with Gasteiger partial charge in [0.05, 0.1) is 12.1 Å². The maximum absolute atomic E-state index is 12.3. The van der Waals surface area contributed by atoms with E-state index in [2.05, 4.69) is 5.32 Å². The monoisotopic (exact) mass is 247 g/mol. The minimum atomic E-state index is -0.380. The van der Waals surface area contributed by atoms with Crippen molar-refractivity contribution in [3.63, 3.8) is 0 Å². The molecule has 1 aliphatic carbocycles. The lowest BCUT2D eigenvalue weighted by Gasteiger charge is -2.41. The first-order valence-corrected chi connectivity index (χ1v) is 6.39. The highest BCUT2D eigenvalue weighted by molar-refractivity contribution is 5.86. The van der Waals surface area contributed by atoms with Crippen LogP contribution in [0.3, 0.4) is 0 Å². The van der Waals surface area contributed by atoms with Crippen LogP contribution in [-0.4, -0.2) is 29.8 Å². The van der Waals surface area contributed by atoms with Gasteiger partial charge in [0, 0.05) is 5.56 Å². The van der Waals surface area contributed by atoms with Crippen LogP contribution in [0.5, 0.6) is 5.75 Å². The first kappa shape index (κ1) is 11.5. The number of aliphatic hydroxyl groups is 1. The van der Waals surface area contributed by atoms with Gasteiger partial charge in [-0.05, 0) is 25.3 Å². The minimum absolute atomic E-state index is 0.0218. The fraction of sp³-hybridized carbons (Fsp3) is 0.500. The molecule has 4 nitrogen and oxygen atoms in total. The maximum Gasteiger partial charge on any atom is 0.231 e. The lowest BCUT2D eigenvalue weighted by atomic mass is 9.77. The minimum Gasteiger partial charge on any atom is -0.492 e. The Hall–Kier alpha value is -1.55. The number of fused-ring (bicyclic) bond motifs is 1. The second kappa shape index (κ2) is 4.28. The van der Waals surface area contributed by atoms with Crippen LogP contribution in [0.25, 0.3) is 0 Å². The van der Waals surface area contributed by atoms with Crippen molar-refractivity contribution in [2.45, 2.75) is 30.7 Å². The maximum atomic E-state index is 12.3. The molecule has 0 saturated heterocycles. The third-order valence-electron chi connectivity index (χ3n) is 4.02. The molecule has 18 heavy (non-hydrogen) atoms. The molecule has 1 fully saturated rings. The molecule has 0 bridgehead atoms. The average molecular weight is 247 g/mol. The molecule has 0 radical (unpaired) electrons. The van der Waals surface area contributed by atoms with E-state index < -0.39 is 0 Å². The zero-order valence-corrected chi connectivity index (χ0v) is 10.2. The third kappa shape index (κ3) is 1.77. The molecular formula is C14H17NO3. The predicted molar refractivity (Wildman–Crippen MR) is 66.5 cm³/mol. The molecule has 0 spiro atoms. The summed E-state index contributed by atoms with van der Waals surface area (Å²) in [6.45, 7) is 0.417. The number of hydrogen-bond donors (Lipinski definition) is 2. The van der Waals surface area contributed by atoms with Gasteiger partial charge in [-0.2, -0.15) is 0 Å². The Bertz CT molecular complexity index is 462. The van der Waals surface area contributed by atoms with Crippen LogP contribution in [0.1, 0.15) is 30.7 Å². The Balaban J connectivity index is 1.75. The van der Waals surface area contributed by atoms with E-state index in [1.54, 1.807) is 0 Å². The molecule has 1 heterocycles. The number of nitrogens with one attached hydrogen (secondary N) is 1. The summed E-state index contributed by atoms with van der Waals surface area (Å²) in [6.07, 6.45) is 2.80. The Labute approximate surface area is 106 Å². The molecule has 2 N–H and O–H groups in total. The number of hydrogen-bond acceptors (Lipinski definition) is 3. The van der Waals surface area contributed by atoms with Crippen LogP contribution in [0, 0.1) is 0 Å². The van der Waals surface area contributed by atoms with Gasteiger partial charge in [0.1, 0.15) is 18.3 Å². The molecule has 3 rings (SSSR count). The Morgan fingerprint density at radius 1 is 1.44 bits per heavy atom. The fourth-order valence-electron chi connectivity index (χ4n) is 2.65. The SMILES string of the molecule is O=C(NC1(CO)CCC1)C1COc2ccccc21. The highest BCUT2D eigenvalue weighted by Gasteiger charge is 2.40. The quantitative estimate of drug-likeness (QED) is 0.843. The third-order valence-corrected chi connectivity index (χ3v) is 4.02. The van der Waals surface area contributed by atoms with E-state index in [1.165, 1.54) is 0 Å². The number of carbonyl (C=O) groups is 1. The van der Waals surface area contributed by atoms with Crippen LogP contribution in [0.2, 0.25) is 0 Å². The molecule has 1 atom stereocenters. The first-order chi connectivity index (χ1) is 8.74. The lowest BCUT2D eigenvalue weighted by Crippen LogP contribution is -2.57.